The van der Waals surface area contributed by atoms with Crippen molar-refractivity contribution in [3.8, 4) is 0 Å². The lowest BCUT2D eigenvalue weighted by atomic mass is 10.1. The average Bonchev–Trinajstić information content (AvgIpc) is 2.99. The number of carbonyl (C=O) groups is 3. The van der Waals surface area contributed by atoms with Crippen molar-refractivity contribution in [1.82, 2.24) is 10.2 Å². The van der Waals surface area contributed by atoms with Gasteiger partial charge in [0.15, 0.2) is 0 Å². The van der Waals surface area contributed by atoms with Gasteiger partial charge in [-0.25, -0.2) is 4.79 Å². The Morgan fingerprint density at radius 2 is 1.50 bits per heavy atom. The Morgan fingerprint density at radius 1 is 0.867 bits per heavy atom. The molecule has 0 aromatic heterocycles. The number of anilines is 1. The second-order valence-corrected chi connectivity index (χ2v) is 7.17. The van der Waals surface area contributed by atoms with Crippen LogP contribution in [0.4, 0.5) is 10.5 Å². The van der Waals surface area contributed by atoms with Gasteiger partial charge in [-0.2, -0.15) is 0 Å². The lowest BCUT2D eigenvalue weighted by Crippen LogP contribution is -2.31. The van der Waals surface area contributed by atoms with Crippen LogP contribution in [-0.4, -0.2) is 22.7 Å². The molecular weight excluding hydrogens is 378 g/mol. The molecule has 6 nitrogen and oxygen atoms in total. The fourth-order valence-corrected chi connectivity index (χ4v) is 3.47. The molecule has 0 saturated heterocycles. The standard InChI is InChI=1S/C24H21N3O3/c1-16(18-10-6-3-7-11-18)25-24(30)26-19-12-13-20-21(14-19)23(29)27(22(20)28)15-17-8-4-2-5-9-17/h2-14,16H,15H2,1H3,(H2,25,26,30)/t16-/m1/s1. The highest BCUT2D eigenvalue weighted by molar-refractivity contribution is 6.21. The highest BCUT2D eigenvalue weighted by Crippen LogP contribution is 2.27. The van der Waals surface area contributed by atoms with Gasteiger partial charge in [0.2, 0.25) is 0 Å². The minimum absolute atomic E-state index is 0.176. The SMILES string of the molecule is C[C@@H](NC(=O)Nc1ccc2c(c1)C(=O)N(Cc1ccccc1)C2=O)c1ccccc1. The summed E-state index contributed by atoms with van der Waals surface area (Å²) in [5, 5.41) is 5.60. The summed E-state index contributed by atoms with van der Waals surface area (Å²) in [7, 11) is 0. The number of urea groups is 1. The lowest BCUT2D eigenvalue weighted by Gasteiger charge is -2.15. The monoisotopic (exact) mass is 399 g/mol. The van der Waals surface area contributed by atoms with Crippen LogP contribution in [0.25, 0.3) is 0 Å². The number of fused-ring (bicyclic) bond motifs is 1. The molecule has 0 spiro atoms. The quantitative estimate of drug-likeness (QED) is 0.626. The summed E-state index contributed by atoms with van der Waals surface area (Å²) in [6, 6.07) is 23.2. The molecule has 1 heterocycles. The summed E-state index contributed by atoms with van der Waals surface area (Å²) in [6.45, 7) is 2.10. The van der Waals surface area contributed by atoms with Crippen molar-refractivity contribution < 1.29 is 14.4 Å². The fourth-order valence-electron chi connectivity index (χ4n) is 3.47. The summed E-state index contributed by atoms with van der Waals surface area (Å²) in [4.78, 5) is 39.0. The third kappa shape index (κ3) is 3.93. The third-order valence-electron chi connectivity index (χ3n) is 5.06. The van der Waals surface area contributed by atoms with Crippen molar-refractivity contribution in [3.63, 3.8) is 0 Å². The molecule has 4 rings (SSSR count). The van der Waals surface area contributed by atoms with Crippen molar-refractivity contribution in [2.45, 2.75) is 19.5 Å². The Morgan fingerprint density at radius 3 is 2.20 bits per heavy atom. The number of hydrogen-bond donors (Lipinski definition) is 2. The molecular formula is C24H21N3O3. The number of hydrogen-bond acceptors (Lipinski definition) is 3. The highest BCUT2D eigenvalue weighted by atomic mass is 16.2. The van der Waals surface area contributed by atoms with E-state index in [0.717, 1.165) is 11.1 Å². The van der Waals surface area contributed by atoms with Crippen molar-refractivity contribution in [3.05, 3.63) is 101 Å². The van der Waals surface area contributed by atoms with E-state index in [-0.39, 0.29) is 30.4 Å². The summed E-state index contributed by atoms with van der Waals surface area (Å²) in [5.41, 5.74) is 2.96. The van der Waals surface area contributed by atoms with Crippen LogP contribution in [0.2, 0.25) is 0 Å². The van der Waals surface area contributed by atoms with E-state index in [1.807, 2.05) is 67.6 Å². The molecule has 4 amide bonds. The molecule has 3 aromatic rings. The Hall–Kier alpha value is -3.93. The van der Waals surface area contributed by atoms with Gasteiger partial charge in [-0.1, -0.05) is 60.7 Å². The predicted molar refractivity (Wildman–Crippen MR) is 114 cm³/mol. The van der Waals surface area contributed by atoms with Gasteiger partial charge in [0.05, 0.1) is 23.7 Å². The maximum atomic E-state index is 12.8. The minimum Gasteiger partial charge on any atom is -0.331 e. The number of amides is 4. The van der Waals surface area contributed by atoms with Gasteiger partial charge in [0, 0.05) is 5.69 Å². The molecule has 6 heteroatoms. The molecule has 2 N–H and O–H groups in total. The van der Waals surface area contributed by atoms with Crippen molar-refractivity contribution in [1.29, 1.82) is 0 Å². The predicted octanol–water partition coefficient (Wildman–Crippen LogP) is 4.37. The molecule has 30 heavy (non-hydrogen) atoms. The van der Waals surface area contributed by atoms with Gasteiger partial charge in [0.25, 0.3) is 11.8 Å². The smallest absolute Gasteiger partial charge is 0.319 e. The first kappa shape index (κ1) is 19.4. The highest BCUT2D eigenvalue weighted by Gasteiger charge is 2.35. The van der Waals surface area contributed by atoms with Crippen LogP contribution in [0.5, 0.6) is 0 Å². The molecule has 1 aliphatic rings. The van der Waals surface area contributed by atoms with E-state index < -0.39 is 0 Å². The zero-order valence-electron chi connectivity index (χ0n) is 16.5. The summed E-state index contributed by atoms with van der Waals surface area (Å²) >= 11 is 0. The third-order valence-corrected chi connectivity index (χ3v) is 5.06. The van der Waals surface area contributed by atoms with Gasteiger partial charge in [-0.05, 0) is 36.2 Å². The molecule has 0 radical (unpaired) electrons. The van der Waals surface area contributed by atoms with Gasteiger partial charge in [-0.15, -0.1) is 0 Å². The zero-order chi connectivity index (χ0) is 21.1. The maximum Gasteiger partial charge on any atom is 0.319 e. The molecule has 0 fully saturated rings. The van der Waals surface area contributed by atoms with Gasteiger partial charge in [-0.3, -0.25) is 14.5 Å². The van der Waals surface area contributed by atoms with E-state index in [1.54, 1.807) is 18.2 Å². The van der Waals surface area contributed by atoms with Crippen LogP contribution >= 0.6 is 0 Å². The minimum atomic E-state index is -0.385. The van der Waals surface area contributed by atoms with E-state index in [1.165, 1.54) is 4.90 Å². The number of nitrogens with one attached hydrogen (secondary N) is 2. The molecule has 1 atom stereocenters. The second-order valence-electron chi connectivity index (χ2n) is 7.17. The van der Waals surface area contributed by atoms with Gasteiger partial charge >= 0.3 is 6.03 Å². The molecule has 1 aliphatic heterocycles. The Labute approximate surface area is 174 Å². The maximum absolute atomic E-state index is 12.8. The summed E-state index contributed by atoms with van der Waals surface area (Å²) < 4.78 is 0. The van der Waals surface area contributed by atoms with Crippen LogP contribution in [-0.2, 0) is 6.54 Å². The second kappa shape index (κ2) is 8.21. The van der Waals surface area contributed by atoms with Crippen molar-refractivity contribution in [2.75, 3.05) is 5.32 Å². The van der Waals surface area contributed by atoms with Crippen molar-refractivity contribution in [2.24, 2.45) is 0 Å². The summed E-state index contributed by atoms with van der Waals surface area (Å²) in [6.07, 6.45) is 0. The summed E-state index contributed by atoms with van der Waals surface area (Å²) in [5.74, 6) is -0.687. The van der Waals surface area contributed by atoms with Crippen LogP contribution < -0.4 is 10.6 Å². The van der Waals surface area contributed by atoms with Crippen LogP contribution in [0, 0.1) is 0 Å². The number of nitrogens with zero attached hydrogens (tertiary/aromatic N) is 1. The number of imide groups is 1. The normalized spacial score (nSPS) is 13.7. The molecule has 0 bridgehead atoms. The van der Waals surface area contributed by atoms with Gasteiger partial charge < -0.3 is 10.6 Å². The van der Waals surface area contributed by atoms with Crippen LogP contribution in [0.15, 0.2) is 78.9 Å². The molecule has 0 aliphatic carbocycles. The van der Waals surface area contributed by atoms with E-state index >= 15 is 0 Å². The van der Waals surface area contributed by atoms with E-state index in [2.05, 4.69) is 10.6 Å². The number of rotatable bonds is 5. The first-order valence-electron chi connectivity index (χ1n) is 9.69. The number of carbonyl (C=O) groups excluding carboxylic acids is 3. The average molecular weight is 399 g/mol. The zero-order valence-corrected chi connectivity index (χ0v) is 16.5. The van der Waals surface area contributed by atoms with Crippen LogP contribution in [0.3, 0.4) is 0 Å². The Kier molecular flexibility index (Phi) is 5.30. The van der Waals surface area contributed by atoms with Gasteiger partial charge in [0.1, 0.15) is 0 Å². The lowest BCUT2D eigenvalue weighted by molar-refractivity contribution is 0.0642. The molecule has 0 unspecified atom stereocenters. The first-order valence-corrected chi connectivity index (χ1v) is 9.69. The topological polar surface area (TPSA) is 78.5 Å². The van der Waals surface area contributed by atoms with Crippen LogP contribution in [0.1, 0.15) is 44.8 Å². The largest absolute Gasteiger partial charge is 0.331 e. The molecule has 0 saturated carbocycles. The Balaban J connectivity index is 1.45. The van der Waals surface area contributed by atoms with Crippen molar-refractivity contribution >= 4 is 23.5 Å². The molecule has 3 aromatic carbocycles. The fraction of sp³-hybridized carbons (Fsp3) is 0.125. The molecule has 150 valence electrons. The Bertz CT molecular complexity index is 1100. The van der Waals surface area contributed by atoms with E-state index in [4.69, 9.17) is 0 Å². The number of benzene rings is 3. The van der Waals surface area contributed by atoms with E-state index in [9.17, 15) is 14.4 Å². The van der Waals surface area contributed by atoms with E-state index in [0.29, 0.717) is 16.8 Å². The first-order chi connectivity index (χ1) is 14.5.